The third-order valence-electron chi connectivity index (χ3n) is 6.08. The van der Waals surface area contributed by atoms with Crippen LogP contribution in [0.4, 0.5) is 0 Å². The van der Waals surface area contributed by atoms with Gasteiger partial charge in [-0.25, -0.2) is 0 Å². The first-order valence-corrected chi connectivity index (χ1v) is 11.5. The Morgan fingerprint density at radius 3 is 1.56 bits per heavy atom. The number of ketones is 1. The molecule has 0 aromatic heterocycles. The van der Waals surface area contributed by atoms with Gasteiger partial charge in [0.2, 0.25) is 0 Å². The van der Waals surface area contributed by atoms with Crippen LogP contribution >= 0.6 is 0 Å². The van der Waals surface area contributed by atoms with Crippen LogP contribution in [0.5, 0.6) is 0 Å². The molecular weight excluding hydrogens is 390 g/mol. The van der Waals surface area contributed by atoms with Crippen LogP contribution in [-0.2, 0) is 24.2 Å². The van der Waals surface area contributed by atoms with Gasteiger partial charge in [-0.15, -0.1) is 0 Å². The maximum atomic E-state index is 13.4. The van der Waals surface area contributed by atoms with Gasteiger partial charge in [0.15, 0.2) is 5.78 Å². The summed E-state index contributed by atoms with van der Waals surface area (Å²) in [4.78, 5) is 15.8. The van der Waals surface area contributed by atoms with Gasteiger partial charge in [0.05, 0.1) is 0 Å². The van der Waals surface area contributed by atoms with Crippen molar-refractivity contribution in [2.75, 3.05) is 13.1 Å². The standard InChI is InChI=1S/C30H31NO/c1-3-23-10-14-25(15-11-23)18-28-21-31(20-27-8-6-5-7-9-27)22-29(30(28)32)19-26-16-12-24(4-2)13-17-26/h5-19H,3-4,20-22H2,1-2H3. The SMILES string of the molecule is CCc1ccc(C=C2CN(Cc3ccccc3)CC(=Cc3ccc(CC)cc3)C2=O)cc1. The molecule has 0 spiro atoms. The Balaban J connectivity index is 1.65. The summed E-state index contributed by atoms with van der Waals surface area (Å²) in [5.74, 6) is 0.161. The second kappa shape index (κ2) is 10.4. The number of carbonyl (C=O) groups excluding carboxylic acids is 1. The van der Waals surface area contributed by atoms with Crippen molar-refractivity contribution in [2.45, 2.75) is 33.2 Å². The minimum atomic E-state index is 0.161. The van der Waals surface area contributed by atoms with E-state index in [1.54, 1.807) is 0 Å². The second-order valence-electron chi connectivity index (χ2n) is 8.49. The average Bonchev–Trinajstić information content (AvgIpc) is 2.83. The maximum Gasteiger partial charge on any atom is 0.187 e. The van der Waals surface area contributed by atoms with Crippen LogP contribution in [0.25, 0.3) is 12.2 Å². The highest BCUT2D eigenvalue weighted by Crippen LogP contribution is 2.24. The van der Waals surface area contributed by atoms with Crippen molar-refractivity contribution in [1.82, 2.24) is 4.90 Å². The van der Waals surface area contributed by atoms with Crippen LogP contribution in [-0.4, -0.2) is 23.8 Å². The number of likely N-dealkylation sites (tertiary alicyclic amines) is 1. The minimum absolute atomic E-state index is 0.161. The Hall–Kier alpha value is -3.23. The first kappa shape index (κ1) is 22.0. The van der Waals surface area contributed by atoms with Gasteiger partial charge in [0.1, 0.15) is 0 Å². The molecule has 0 atom stereocenters. The van der Waals surface area contributed by atoms with Crippen molar-refractivity contribution < 1.29 is 4.79 Å². The highest BCUT2D eigenvalue weighted by molar-refractivity contribution is 6.14. The number of nitrogens with zero attached hydrogens (tertiary/aromatic N) is 1. The Labute approximate surface area is 191 Å². The third-order valence-corrected chi connectivity index (χ3v) is 6.08. The number of carbonyl (C=O) groups is 1. The van der Waals surface area contributed by atoms with Crippen LogP contribution in [0.15, 0.2) is 90.0 Å². The molecule has 32 heavy (non-hydrogen) atoms. The third kappa shape index (κ3) is 5.52. The molecule has 1 fully saturated rings. The van der Waals surface area contributed by atoms with Crippen molar-refractivity contribution in [2.24, 2.45) is 0 Å². The topological polar surface area (TPSA) is 20.3 Å². The Bertz CT molecular complexity index is 1040. The molecule has 0 bridgehead atoms. The number of benzene rings is 3. The predicted octanol–water partition coefficient (Wildman–Crippen LogP) is 6.36. The quantitative estimate of drug-likeness (QED) is 0.431. The number of rotatable bonds is 6. The van der Waals surface area contributed by atoms with Crippen molar-refractivity contribution in [3.05, 3.63) is 118 Å². The fourth-order valence-corrected chi connectivity index (χ4v) is 4.16. The molecule has 0 unspecified atom stereocenters. The summed E-state index contributed by atoms with van der Waals surface area (Å²) >= 11 is 0. The summed E-state index contributed by atoms with van der Waals surface area (Å²) in [5.41, 5.74) is 7.76. The number of aryl methyl sites for hydroxylation is 2. The lowest BCUT2D eigenvalue weighted by Gasteiger charge is -2.30. The summed E-state index contributed by atoms with van der Waals surface area (Å²) in [6.45, 7) is 6.46. The van der Waals surface area contributed by atoms with E-state index >= 15 is 0 Å². The summed E-state index contributed by atoms with van der Waals surface area (Å²) in [6.07, 6.45) is 6.16. The summed E-state index contributed by atoms with van der Waals surface area (Å²) in [5, 5.41) is 0. The zero-order chi connectivity index (χ0) is 22.3. The molecule has 0 amide bonds. The fourth-order valence-electron chi connectivity index (χ4n) is 4.16. The maximum absolute atomic E-state index is 13.4. The Morgan fingerprint density at radius 2 is 1.12 bits per heavy atom. The molecule has 0 N–H and O–H groups in total. The molecule has 4 rings (SSSR count). The van der Waals surface area contributed by atoms with Gasteiger partial charge in [-0.2, -0.15) is 0 Å². The van der Waals surface area contributed by atoms with E-state index in [1.165, 1.54) is 16.7 Å². The molecule has 1 aliphatic rings. The lowest BCUT2D eigenvalue weighted by molar-refractivity contribution is -0.113. The molecule has 2 nitrogen and oxygen atoms in total. The van der Waals surface area contributed by atoms with Gasteiger partial charge in [0.25, 0.3) is 0 Å². The average molecular weight is 422 g/mol. The number of piperidine rings is 1. The first-order valence-electron chi connectivity index (χ1n) is 11.5. The molecular formula is C30H31NO. The first-order chi connectivity index (χ1) is 15.6. The molecule has 1 saturated heterocycles. The summed E-state index contributed by atoms with van der Waals surface area (Å²) in [7, 11) is 0. The summed E-state index contributed by atoms with van der Waals surface area (Å²) in [6, 6.07) is 27.5. The van der Waals surface area contributed by atoms with Crippen molar-refractivity contribution in [3.8, 4) is 0 Å². The van der Waals surface area contributed by atoms with E-state index < -0.39 is 0 Å². The van der Waals surface area contributed by atoms with E-state index in [0.717, 1.165) is 41.7 Å². The van der Waals surface area contributed by atoms with Gasteiger partial charge >= 0.3 is 0 Å². The molecule has 2 heteroatoms. The minimum Gasteiger partial charge on any atom is -0.290 e. The van der Waals surface area contributed by atoms with Gasteiger partial charge in [-0.3, -0.25) is 9.69 Å². The van der Waals surface area contributed by atoms with E-state index in [2.05, 4.69) is 104 Å². The molecule has 0 aliphatic carbocycles. The second-order valence-corrected chi connectivity index (χ2v) is 8.49. The van der Waals surface area contributed by atoms with Crippen molar-refractivity contribution >= 4 is 17.9 Å². The van der Waals surface area contributed by atoms with Crippen molar-refractivity contribution in [1.29, 1.82) is 0 Å². The zero-order valence-electron chi connectivity index (χ0n) is 19.1. The Kier molecular flexibility index (Phi) is 7.14. The highest BCUT2D eigenvalue weighted by atomic mass is 16.1. The molecule has 3 aromatic carbocycles. The van der Waals surface area contributed by atoms with Gasteiger partial charge in [0, 0.05) is 30.8 Å². The van der Waals surface area contributed by atoms with Gasteiger partial charge in [-0.05, 0) is 52.8 Å². The number of Topliss-reactive ketones (excluding diaryl/α,β-unsaturated/α-hetero) is 1. The molecule has 1 heterocycles. The lowest BCUT2D eigenvalue weighted by atomic mass is 9.93. The molecule has 3 aromatic rings. The number of hydrogen-bond acceptors (Lipinski definition) is 2. The van der Waals surface area contributed by atoms with Gasteiger partial charge < -0.3 is 0 Å². The van der Waals surface area contributed by atoms with Gasteiger partial charge in [-0.1, -0.05) is 92.7 Å². The molecule has 162 valence electrons. The molecule has 0 saturated carbocycles. The van der Waals surface area contributed by atoms with E-state index in [-0.39, 0.29) is 5.78 Å². The van der Waals surface area contributed by atoms with Crippen LogP contribution in [0.3, 0.4) is 0 Å². The van der Waals surface area contributed by atoms with Crippen LogP contribution in [0.2, 0.25) is 0 Å². The van der Waals surface area contributed by atoms with E-state index in [1.807, 2.05) is 6.07 Å². The monoisotopic (exact) mass is 421 g/mol. The summed E-state index contributed by atoms with van der Waals surface area (Å²) < 4.78 is 0. The smallest absolute Gasteiger partial charge is 0.187 e. The predicted molar refractivity (Wildman–Crippen MR) is 134 cm³/mol. The molecule has 1 aliphatic heterocycles. The van der Waals surface area contributed by atoms with E-state index in [9.17, 15) is 4.79 Å². The highest BCUT2D eigenvalue weighted by Gasteiger charge is 2.26. The number of hydrogen-bond donors (Lipinski definition) is 0. The lowest BCUT2D eigenvalue weighted by Crippen LogP contribution is -2.37. The normalized spacial score (nSPS) is 17.2. The largest absolute Gasteiger partial charge is 0.290 e. The van der Waals surface area contributed by atoms with Crippen molar-refractivity contribution in [3.63, 3.8) is 0 Å². The van der Waals surface area contributed by atoms with E-state index in [0.29, 0.717) is 13.1 Å². The Morgan fingerprint density at radius 1 is 0.656 bits per heavy atom. The fraction of sp³-hybridized carbons (Fsp3) is 0.233. The molecule has 0 radical (unpaired) electrons. The van der Waals surface area contributed by atoms with Crippen LogP contribution in [0.1, 0.15) is 41.7 Å². The van der Waals surface area contributed by atoms with Crippen LogP contribution < -0.4 is 0 Å². The van der Waals surface area contributed by atoms with Crippen LogP contribution in [0, 0.1) is 0 Å². The van der Waals surface area contributed by atoms with E-state index in [4.69, 9.17) is 0 Å². The zero-order valence-corrected chi connectivity index (χ0v) is 19.1.